The van der Waals surface area contributed by atoms with Gasteiger partial charge in [-0.3, -0.25) is 0 Å². The van der Waals surface area contributed by atoms with Crippen LogP contribution in [0.4, 0.5) is 10.6 Å². The van der Waals surface area contributed by atoms with Gasteiger partial charge < -0.3 is 4.74 Å². The minimum atomic E-state index is -1.05. The lowest BCUT2D eigenvalue weighted by atomic mass is 9.90. The SMILES string of the molecule is C#C[C@@]1(c2ccccc2)COC(=O)N1c1ccnc(Cl)n1. The normalized spacial score (nSPS) is 21.0. The van der Waals surface area contributed by atoms with Gasteiger partial charge in [-0.2, -0.15) is 0 Å². The Kier molecular flexibility index (Phi) is 3.24. The van der Waals surface area contributed by atoms with Crippen molar-refractivity contribution in [1.82, 2.24) is 9.97 Å². The van der Waals surface area contributed by atoms with E-state index in [2.05, 4.69) is 15.9 Å². The molecule has 0 radical (unpaired) electrons. The van der Waals surface area contributed by atoms with E-state index in [4.69, 9.17) is 22.8 Å². The van der Waals surface area contributed by atoms with E-state index in [0.717, 1.165) is 5.56 Å². The average Bonchev–Trinajstić information content (AvgIpc) is 2.86. The first-order valence-corrected chi connectivity index (χ1v) is 6.54. The van der Waals surface area contributed by atoms with Crippen LogP contribution in [-0.4, -0.2) is 22.7 Å². The number of amides is 1. The van der Waals surface area contributed by atoms with Gasteiger partial charge in [-0.1, -0.05) is 36.3 Å². The van der Waals surface area contributed by atoms with Crippen LogP contribution in [0.25, 0.3) is 0 Å². The highest BCUT2D eigenvalue weighted by Crippen LogP contribution is 2.37. The van der Waals surface area contributed by atoms with Gasteiger partial charge in [0.15, 0.2) is 5.54 Å². The average molecular weight is 300 g/mol. The molecular formula is C15H10ClN3O2. The van der Waals surface area contributed by atoms with Crippen LogP contribution >= 0.6 is 11.6 Å². The molecular weight excluding hydrogens is 290 g/mol. The minimum Gasteiger partial charge on any atom is -0.445 e. The third-order valence-corrected chi connectivity index (χ3v) is 3.48. The summed E-state index contributed by atoms with van der Waals surface area (Å²) in [7, 11) is 0. The van der Waals surface area contributed by atoms with Gasteiger partial charge in [-0.05, 0) is 23.2 Å². The molecule has 1 aliphatic heterocycles. The molecule has 0 unspecified atom stereocenters. The van der Waals surface area contributed by atoms with Crippen LogP contribution in [0.5, 0.6) is 0 Å². The topological polar surface area (TPSA) is 55.3 Å². The Morgan fingerprint density at radius 2 is 2.10 bits per heavy atom. The number of terminal acetylenes is 1. The van der Waals surface area contributed by atoms with E-state index in [1.807, 2.05) is 30.3 Å². The fourth-order valence-electron chi connectivity index (χ4n) is 2.31. The predicted molar refractivity (Wildman–Crippen MR) is 77.8 cm³/mol. The van der Waals surface area contributed by atoms with Crippen LogP contribution in [0.3, 0.4) is 0 Å². The minimum absolute atomic E-state index is 0.0335. The molecule has 5 nitrogen and oxygen atoms in total. The van der Waals surface area contributed by atoms with Gasteiger partial charge in [0, 0.05) is 6.20 Å². The molecule has 1 fully saturated rings. The Hall–Kier alpha value is -2.58. The smallest absolute Gasteiger partial charge is 0.417 e. The van der Waals surface area contributed by atoms with E-state index in [0.29, 0.717) is 5.82 Å². The van der Waals surface area contributed by atoms with Gasteiger partial charge in [0.1, 0.15) is 12.4 Å². The van der Waals surface area contributed by atoms with Crippen molar-refractivity contribution < 1.29 is 9.53 Å². The first kappa shape index (κ1) is 13.4. The Morgan fingerprint density at radius 1 is 1.33 bits per heavy atom. The van der Waals surface area contributed by atoms with Crippen LogP contribution in [0.2, 0.25) is 5.28 Å². The molecule has 21 heavy (non-hydrogen) atoms. The summed E-state index contributed by atoms with van der Waals surface area (Å²) in [5.74, 6) is 2.97. The first-order chi connectivity index (χ1) is 10.2. The number of halogens is 1. The molecule has 3 rings (SSSR count). The van der Waals surface area contributed by atoms with Crippen LogP contribution in [0, 0.1) is 12.3 Å². The lowest BCUT2D eigenvalue weighted by Crippen LogP contribution is -2.44. The van der Waals surface area contributed by atoms with Crippen molar-refractivity contribution in [3.63, 3.8) is 0 Å². The van der Waals surface area contributed by atoms with Gasteiger partial charge >= 0.3 is 6.09 Å². The fraction of sp³-hybridized carbons (Fsp3) is 0.133. The van der Waals surface area contributed by atoms with Gasteiger partial charge in [-0.25, -0.2) is 19.7 Å². The standard InChI is InChI=1S/C15H10ClN3O2/c1-2-15(11-6-4-3-5-7-11)10-21-14(20)19(15)12-8-9-17-13(16)18-12/h1,3-9H,10H2/t15-/m0/s1. The Morgan fingerprint density at radius 3 is 2.76 bits per heavy atom. The molecule has 2 aromatic rings. The molecule has 0 bridgehead atoms. The summed E-state index contributed by atoms with van der Waals surface area (Å²) in [5, 5.41) is 0.0335. The van der Waals surface area contributed by atoms with Crippen LogP contribution < -0.4 is 4.90 Å². The molecule has 6 heteroatoms. The number of nitrogens with zero attached hydrogens (tertiary/aromatic N) is 3. The number of anilines is 1. The van der Waals surface area contributed by atoms with Crippen molar-refractivity contribution in [3.05, 3.63) is 53.4 Å². The Labute approximate surface area is 126 Å². The van der Waals surface area contributed by atoms with E-state index >= 15 is 0 Å². The molecule has 2 heterocycles. The molecule has 0 aliphatic carbocycles. The van der Waals surface area contributed by atoms with Crippen molar-refractivity contribution in [3.8, 4) is 12.3 Å². The highest BCUT2D eigenvalue weighted by atomic mass is 35.5. The number of rotatable bonds is 2. The summed E-state index contributed by atoms with van der Waals surface area (Å²) in [5.41, 5.74) is -0.274. The molecule has 0 N–H and O–H groups in total. The molecule has 1 aromatic carbocycles. The van der Waals surface area contributed by atoms with Crippen LogP contribution in [0.1, 0.15) is 5.56 Å². The number of hydrogen-bond acceptors (Lipinski definition) is 4. The molecule has 1 aromatic heterocycles. The van der Waals surface area contributed by atoms with E-state index < -0.39 is 11.6 Å². The van der Waals surface area contributed by atoms with Crippen molar-refractivity contribution >= 4 is 23.5 Å². The van der Waals surface area contributed by atoms with Crippen molar-refractivity contribution in [2.75, 3.05) is 11.5 Å². The van der Waals surface area contributed by atoms with Gasteiger partial charge in [0.05, 0.1) is 0 Å². The van der Waals surface area contributed by atoms with Crippen LogP contribution in [-0.2, 0) is 10.3 Å². The number of cyclic esters (lactones) is 1. The molecule has 104 valence electrons. The molecule has 1 amide bonds. The van der Waals surface area contributed by atoms with Gasteiger partial charge in [-0.15, -0.1) is 6.42 Å². The zero-order valence-corrected chi connectivity index (χ0v) is 11.6. The van der Waals surface area contributed by atoms with E-state index in [1.54, 1.807) is 6.07 Å². The monoisotopic (exact) mass is 299 g/mol. The number of hydrogen-bond donors (Lipinski definition) is 0. The zero-order chi connectivity index (χ0) is 14.9. The second kappa shape index (κ2) is 5.08. The first-order valence-electron chi connectivity index (χ1n) is 6.16. The molecule has 0 spiro atoms. The highest BCUT2D eigenvalue weighted by molar-refractivity contribution is 6.28. The number of carbonyl (C=O) groups is 1. The second-order valence-corrected chi connectivity index (χ2v) is 4.78. The molecule has 1 atom stereocenters. The number of ether oxygens (including phenoxy) is 1. The largest absolute Gasteiger partial charge is 0.445 e. The lowest BCUT2D eigenvalue weighted by molar-refractivity contribution is 0.176. The second-order valence-electron chi connectivity index (χ2n) is 4.44. The third kappa shape index (κ3) is 2.10. The maximum absolute atomic E-state index is 12.1. The van der Waals surface area contributed by atoms with E-state index in [1.165, 1.54) is 11.1 Å². The summed E-state index contributed by atoms with van der Waals surface area (Å²) in [6, 6.07) is 10.8. The molecule has 1 saturated heterocycles. The van der Waals surface area contributed by atoms with Crippen molar-refractivity contribution in [1.29, 1.82) is 0 Å². The summed E-state index contributed by atoms with van der Waals surface area (Å²) < 4.78 is 5.16. The Bertz CT molecular complexity index is 729. The van der Waals surface area contributed by atoms with Crippen molar-refractivity contribution in [2.24, 2.45) is 0 Å². The molecule has 1 aliphatic rings. The van der Waals surface area contributed by atoms with E-state index in [9.17, 15) is 4.79 Å². The fourth-order valence-corrected chi connectivity index (χ4v) is 2.45. The van der Waals surface area contributed by atoms with Crippen LogP contribution in [0.15, 0.2) is 42.6 Å². The Balaban J connectivity index is 2.16. The van der Waals surface area contributed by atoms with E-state index in [-0.39, 0.29) is 11.9 Å². The lowest BCUT2D eigenvalue weighted by Gasteiger charge is -2.30. The number of benzene rings is 1. The summed E-state index contributed by atoms with van der Waals surface area (Å²) in [6.07, 6.45) is 6.63. The maximum atomic E-state index is 12.1. The van der Waals surface area contributed by atoms with Crippen molar-refractivity contribution in [2.45, 2.75) is 5.54 Å². The predicted octanol–water partition coefficient (Wildman–Crippen LogP) is 2.62. The number of aromatic nitrogens is 2. The quantitative estimate of drug-likeness (QED) is 0.632. The maximum Gasteiger partial charge on any atom is 0.417 e. The highest BCUT2D eigenvalue weighted by Gasteiger charge is 2.49. The van der Waals surface area contributed by atoms with Gasteiger partial charge in [0.2, 0.25) is 5.28 Å². The third-order valence-electron chi connectivity index (χ3n) is 3.30. The summed E-state index contributed by atoms with van der Waals surface area (Å²) in [6.45, 7) is 0.0496. The summed E-state index contributed by atoms with van der Waals surface area (Å²) in [4.78, 5) is 21.3. The number of carbonyl (C=O) groups excluding carboxylic acids is 1. The molecule has 0 saturated carbocycles. The van der Waals surface area contributed by atoms with Gasteiger partial charge in [0.25, 0.3) is 0 Å². The summed E-state index contributed by atoms with van der Waals surface area (Å²) >= 11 is 5.80. The zero-order valence-electron chi connectivity index (χ0n) is 10.9.